The molecule has 20 heavy (non-hydrogen) atoms. The molecule has 3 atom stereocenters. The summed E-state index contributed by atoms with van der Waals surface area (Å²) in [7, 11) is 3.59. The van der Waals surface area contributed by atoms with Crippen LogP contribution in [0.1, 0.15) is 31.4 Å². The van der Waals surface area contributed by atoms with E-state index >= 15 is 0 Å². The van der Waals surface area contributed by atoms with Gasteiger partial charge in [0.15, 0.2) is 0 Å². The van der Waals surface area contributed by atoms with Crippen LogP contribution in [0, 0.1) is 11.8 Å². The van der Waals surface area contributed by atoms with Crippen molar-refractivity contribution in [3.63, 3.8) is 0 Å². The van der Waals surface area contributed by atoms with Gasteiger partial charge in [-0.3, -0.25) is 4.68 Å². The Morgan fingerprint density at radius 1 is 1.45 bits per heavy atom. The molecule has 1 aromatic heterocycles. The SMILES string of the molecule is CNC(Cc1cn(C)nn1)C1CCCC(C(F)(F)F)C1. The minimum absolute atomic E-state index is 0.0249. The number of halogens is 3. The van der Waals surface area contributed by atoms with Crippen LogP contribution >= 0.6 is 0 Å². The van der Waals surface area contributed by atoms with E-state index in [0.717, 1.165) is 12.1 Å². The average molecular weight is 290 g/mol. The summed E-state index contributed by atoms with van der Waals surface area (Å²) in [5.74, 6) is -1.11. The molecule has 1 saturated carbocycles. The van der Waals surface area contributed by atoms with Crippen LogP contribution in [0.2, 0.25) is 0 Å². The van der Waals surface area contributed by atoms with Crippen LogP contribution in [0.15, 0.2) is 6.20 Å². The Kier molecular flexibility index (Phi) is 4.67. The van der Waals surface area contributed by atoms with E-state index < -0.39 is 12.1 Å². The second kappa shape index (κ2) is 6.11. The lowest BCUT2D eigenvalue weighted by molar-refractivity contribution is -0.186. The van der Waals surface area contributed by atoms with Gasteiger partial charge in [0.25, 0.3) is 0 Å². The van der Waals surface area contributed by atoms with Gasteiger partial charge in [-0.25, -0.2) is 0 Å². The van der Waals surface area contributed by atoms with E-state index in [1.54, 1.807) is 18.8 Å². The maximum absolute atomic E-state index is 12.9. The Hall–Kier alpha value is -1.11. The first-order chi connectivity index (χ1) is 9.40. The first kappa shape index (κ1) is 15.3. The van der Waals surface area contributed by atoms with E-state index in [-0.39, 0.29) is 24.8 Å². The number of aryl methyl sites for hydroxylation is 1. The maximum Gasteiger partial charge on any atom is 0.391 e. The van der Waals surface area contributed by atoms with Gasteiger partial charge in [0.2, 0.25) is 0 Å². The molecule has 0 aliphatic heterocycles. The zero-order chi connectivity index (χ0) is 14.8. The first-order valence-electron chi connectivity index (χ1n) is 6.99. The molecular weight excluding hydrogens is 269 g/mol. The molecule has 1 fully saturated rings. The molecule has 2 rings (SSSR count). The van der Waals surface area contributed by atoms with E-state index in [1.807, 2.05) is 6.20 Å². The average Bonchev–Trinajstić information content (AvgIpc) is 2.81. The standard InChI is InChI=1S/C13H21F3N4/c1-17-12(7-11-8-20(2)19-18-11)9-4-3-5-10(6-9)13(14,15)16/h8-10,12,17H,3-7H2,1-2H3. The molecule has 0 radical (unpaired) electrons. The van der Waals surface area contributed by atoms with Crippen molar-refractivity contribution >= 4 is 0 Å². The quantitative estimate of drug-likeness (QED) is 0.925. The van der Waals surface area contributed by atoms with Gasteiger partial charge in [-0.2, -0.15) is 13.2 Å². The first-order valence-corrected chi connectivity index (χ1v) is 6.99. The lowest BCUT2D eigenvalue weighted by Gasteiger charge is -2.35. The minimum Gasteiger partial charge on any atom is -0.316 e. The van der Waals surface area contributed by atoms with Gasteiger partial charge in [-0.15, -0.1) is 5.10 Å². The Bertz CT molecular complexity index is 429. The van der Waals surface area contributed by atoms with Crippen LogP contribution in [0.5, 0.6) is 0 Å². The van der Waals surface area contributed by atoms with Crippen LogP contribution in [0.3, 0.4) is 0 Å². The molecule has 3 unspecified atom stereocenters. The fourth-order valence-corrected chi connectivity index (χ4v) is 3.11. The van der Waals surface area contributed by atoms with Crippen molar-refractivity contribution in [1.29, 1.82) is 0 Å². The summed E-state index contributed by atoms with van der Waals surface area (Å²) in [6, 6.07) is 0.0249. The number of likely N-dealkylation sites (N-methyl/N-ethyl adjacent to an activating group) is 1. The lowest BCUT2D eigenvalue weighted by atomic mass is 9.76. The van der Waals surface area contributed by atoms with Crippen molar-refractivity contribution in [1.82, 2.24) is 20.3 Å². The van der Waals surface area contributed by atoms with Gasteiger partial charge in [0, 0.05) is 25.7 Å². The summed E-state index contributed by atoms with van der Waals surface area (Å²) in [6.07, 6.45) is 0.347. The van der Waals surface area contributed by atoms with E-state index in [1.165, 1.54) is 0 Å². The molecule has 0 aromatic carbocycles. The number of nitrogens with one attached hydrogen (secondary N) is 1. The van der Waals surface area contributed by atoms with Crippen LogP contribution in [0.25, 0.3) is 0 Å². The zero-order valence-electron chi connectivity index (χ0n) is 11.8. The van der Waals surface area contributed by atoms with Gasteiger partial charge in [-0.05, 0) is 32.2 Å². The predicted octanol–water partition coefficient (Wildman–Crippen LogP) is 2.31. The normalized spacial score (nSPS) is 25.6. The third kappa shape index (κ3) is 3.71. The van der Waals surface area contributed by atoms with Crippen molar-refractivity contribution in [2.24, 2.45) is 18.9 Å². The molecule has 1 N–H and O–H groups in total. The van der Waals surface area contributed by atoms with Crippen molar-refractivity contribution in [2.75, 3.05) is 7.05 Å². The highest BCUT2D eigenvalue weighted by molar-refractivity contribution is 4.98. The molecule has 1 heterocycles. The molecule has 7 heteroatoms. The molecule has 1 aliphatic rings. The largest absolute Gasteiger partial charge is 0.391 e. The van der Waals surface area contributed by atoms with E-state index in [9.17, 15) is 13.2 Å². The lowest BCUT2D eigenvalue weighted by Crippen LogP contribution is -2.40. The molecule has 0 amide bonds. The van der Waals surface area contributed by atoms with Crippen LogP contribution in [-0.4, -0.2) is 34.3 Å². The van der Waals surface area contributed by atoms with Crippen molar-refractivity contribution in [2.45, 2.75) is 44.3 Å². The van der Waals surface area contributed by atoms with Gasteiger partial charge < -0.3 is 5.32 Å². The van der Waals surface area contributed by atoms with Gasteiger partial charge in [0.05, 0.1) is 11.6 Å². The highest BCUT2D eigenvalue weighted by atomic mass is 19.4. The molecule has 4 nitrogen and oxygen atoms in total. The maximum atomic E-state index is 12.9. The fourth-order valence-electron chi connectivity index (χ4n) is 3.11. The van der Waals surface area contributed by atoms with Gasteiger partial charge in [0.1, 0.15) is 0 Å². The zero-order valence-corrected chi connectivity index (χ0v) is 11.8. The highest BCUT2D eigenvalue weighted by Crippen LogP contribution is 2.41. The van der Waals surface area contributed by atoms with E-state index in [2.05, 4.69) is 15.6 Å². The second-order valence-corrected chi connectivity index (χ2v) is 5.65. The van der Waals surface area contributed by atoms with Crippen LogP contribution in [0.4, 0.5) is 13.2 Å². The number of rotatable bonds is 4. The van der Waals surface area contributed by atoms with Crippen LogP contribution in [-0.2, 0) is 13.5 Å². The molecule has 114 valence electrons. The topological polar surface area (TPSA) is 42.7 Å². The summed E-state index contributed by atoms with van der Waals surface area (Å²) in [6.45, 7) is 0. The fraction of sp³-hybridized carbons (Fsp3) is 0.846. The summed E-state index contributed by atoms with van der Waals surface area (Å²) < 4.78 is 40.2. The van der Waals surface area contributed by atoms with Crippen molar-refractivity contribution in [3.05, 3.63) is 11.9 Å². The highest BCUT2D eigenvalue weighted by Gasteiger charge is 2.43. The Morgan fingerprint density at radius 3 is 2.75 bits per heavy atom. The predicted molar refractivity (Wildman–Crippen MR) is 69.1 cm³/mol. The number of aromatic nitrogens is 3. The van der Waals surface area contributed by atoms with Crippen molar-refractivity contribution in [3.8, 4) is 0 Å². The molecule has 1 aromatic rings. The summed E-state index contributed by atoms with van der Waals surface area (Å²) in [5.41, 5.74) is 0.820. The Balaban J connectivity index is 2.00. The monoisotopic (exact) mass is 290 g/mol. The molecule has 0 bridgehead atoms. The third-order valence-corrected chi connectivity index (χ3v) is 4.20. The van der Waals surface area contributed by atoms with Gasteiger partial charge >= 0.3 is 6.18 Å². The van der Waals surface area contributed by atoms with Crippen molar-refractivity contribution < 1.29 is 13.2 Å². The molecular formula is C13H21F3N4. The second-order valence-electron chi connectivity index (χ2n) is 5.65. The minimum atomic E-state index is -4.07. The number of nitrogens with zero attached hydrogens (tertiary/aromatic N) is 3. The third-order valence-electron chi connectivity index (χ3n) is 4.20. The summed E-state index contributed by atoms with van der Waals surface area (Å²) in [4.78, 5) is 0. The van der Waals surface area contributed by atoms with E-state index in [0.29, 0.717) is 12.8 Å². The molecule has 1 aliphatic carbocycles. The smallest absolute Gasteiger partial charge is 0.316 e. The van der Waals surface area contributed by atoms with E-state index in [4.69, 9.17) is 0 Å². The number of alkyl halides is 3. The Labute approximate surface area is 116 Å². The molecule has 0 spiro atoms. The molecule has 0 saturated heterocycles. The number of hydrogen-bond donors (Lipinski definition) is 1. The Morgan fingerprint density at radius 2 is 2.20 bits per heavy atom. The van der Waals surface area contributed by atoms with Crippen LogP contribution < -0.4 is 5.32 Å². The summed E-state index contributed by atoms with van der Waals surface area (Å²) in [5, 5.41) is 11.0. The number of hydrogen-bond acceptors (Lipinski definition) is 3. The van der Waals surface area contributed by atoms with Gasteiger partial charge in [-0.1, -0.05) is 11.6 Å². The summed E-state index contributed by atoms with van der Waals surface area (Å²) >= 11 is 0.